The SMILES string of the molecule is COc1cccc(-c2noc(CCNC(=O)c3ccc(Cl)cc3)n2)c1. The second-order valence-corrected chi connectivity index (χ2v) is 5.69. The third kappa shape index (κ3) is 4.36. The summed E-state index contributed by atoms with van der Waals surface area (Å²) in [6.45, 7) is 0.390. The molecular formula is C18H16ClN3O3. The van der Waals surface area contributed by atoms with Crippen molar-refractivity contribution < 1.29 is 14.1 Å². The summed E-state index contributed by atoms with van der Waals surface area (Å²) in [5.41, 5.74) is 1.35. The van der Waals surface area contributed by atoms with Gasteiger partial charge in [0.05, 0.1) is 7.11 Å². The van der Waals surface area contributed by atoms with Crippen molar-refractivity contribution in [2.75, 3.05) is 13.7 Å². The summed E-state index contributed by atoms with van der Waals surface area (Å²) in [6, 6.07) is 14.1. The van der Waals surface area contributed by atoms with Gasteiger partial charge in [0.1, 0.15) is 5.75 Å². The normalized spacial score (nSPS) is 10.5. The summed E-state index contributed by atoms with van der Waals surface area (Å²) in [6.07, 6.45) is 0.441. The Bertz CT molecular complexity index is 862. The fraction of sp³-hybridized carbons (Fsp3) is 0.167. The maximum atomic E-state index is 12.0. The summed E-state index contributed by atoms with van der Waals surface area (Å²) in [4.78, 5) is 16.3. The zero-order valence-corrected chi connectivity index (χ0v) is 14.3. The molecule has 0 saturated heterocycles. The van der Waals surface area contributed by atoms with Crippen LogP contribution in [0.5, 0.6) is 5.75 Å². The Labute approximate surface area is 149 Å². The topological polar surface area (TPSA) is 77.3 Å². The molecule has 1 amide bonds. The second-order valence-electron chi connectivity index (χ2n) is 5.26. The average Bonchev–Trinajstić information content (AvgIpc) is 3.11. The highest BCUT2D eigenvalue weighted by atomic mass is 35.5. The summed E-state index contributed by atoms with van der Waals surface area (Å²) in [5.74, 6) is 1.48. The molecule has 0 fully saturated rings. The molecule has 0 unspecified atom stereocenters. The van der Waals surface area contributed by atoms with Crippen molar-refractivity contribution in [1.82, 2.24) is 15.5 Å². The quantitative estimate of drug-likeness (QED) is 0.731. The molecule has 0 radical (unpaired) electrons. The van der Waals surface area contributed by atoms with Crippen LogP contribution in [0.25, 0.3) is 11.4 Å². The van der Waals surface area contributed by atoms with E-state index in [9.17, 15) is 4.79 Å². The molecule has 0 bridgehead atoms. The number of aromatic nitrogens is 2. The molecule has 0 atom stereocenters. The second kappa shape index (κ2) is 7.81. The molecule has 0 aliphatic rings. The lowest BCUT2D eigenvalue weighted by molar-refractivity contribution is 0.0953. The molecule has 0 saturated carbocycles. The van der Waals surface area contributed by atoms with E-state index in [0.717, 1.165) is 11.3 Å². The standard InChI is InChI=1S/C18H16ClN3O3/c1-24-15-4-2-3-13(11-15)17-21-16(25-22-17)9-10-20-18(23)12-5-7-14(19)8-6-12/h2-8,11H,9-10H2,1H3,(H,20,23). The minimum Gasteiger partial charge on any atom is -0.497 e. The van der Waals surface area contributed by atoms with Crippen LogP contribution in [0.3, 0.4) is 0 Å². The summed E-state index contributed by atoms with van der Waals surface area (Å²) in [7, 11) is 1.60. The Morgan fingerprint density at radius 3 is 2.80 bits per heavy atom. The third-order valence-corrected chi connectivity index (χ3v) is 3.78. The van der Waals surface area contributed by atoms with Crippen LogP contribution >= 0.6 is 11.6 Å². The predicted octanol–water partition coefficient (Wildman–Crippen LogP) is 3.37. The predicted molar refractivity (Wildman–Crippen MR) is 93.8 cm³/mol. The zero-order valence-electron chi connectivity index (χ0n) is 13.5. The molecular weight excluding hydrogens is 342 g/mol. The van der Waals surface area contributed by atoms with Crippen LogP contribution < -0.4 is 10.1 Å². The highest BCUT2D eigenvalue weighted by molar-refractivity contribution is 6.30. The number of methoxy groups -OCH3 is 1. The first-order valence-corrected chi connectivity index (χ1v) is 8.04. The maximum absolute atomic E-state index is 12.0. The first kappa shape index (κ1) is 17.0. The maximum Gasteiger partial charge on any atom is 0.251 e. The van der Waals surface area contributed by atoms with Gasteiger partial charge >= 0.3 is 0 Å². The number of nitrogens with zero attached hydrogens (tertiary/aromatic N) is 2. The van der Waals surface area contributed by atoms with E-state index in [2.05, 4.69) is 15.5 Å². The van der Waals surface area contributed by atoms with Gasteiger partial charge in [-0.3, -0.25) is 4.79 Å². The minimum atomic E-state index is -0.177. The number of rotatable bonds is 6. The first-order chi connectivity index (χ1) is 12.2. The monoisotopic (exact) mass is 357 g/mol. The van der Waals surface area contributed by atoms with Gasteiger partial charge < -0.3 is 14.6 Å². The molecule has 2 aromatic carbocycles. The number of carbonyl (C=O) groups excluding carboxylic acids is 1. The number of carbonyl (C=O) groups is 1. The van der Waals surface area contributed by atoms with E-state index in [0.29, 0.717) is 35.3 Å². The van der Waals surface area contributed by atoms with Gasteiger partial charge in [0.2, 0.25) is 11.7 Å². The molecule has 25 heavy (non-hydrogen) atoms. The molecule has 128 valence electrons. The van der Waals surface area contributed by atoms with Crippen LogP contribution in [0.1, 0.15) is 16.2 Å². The number of hydrogen-bond acceptors (Lipinski definition) is 5. The number of nitrogens with one attached hydrogen (secondary N) is 1. The van der Waals surface area contributed by atoms with Crippen LogP contribution in [-0.4, -0.2) is 29.7 Å². The number of hydrogen-bond donors (Lipinski definition) is 1. The van der Waals surface area contributed by atoms with Gasteiger partial charge in [0.15, 0.2) is 0 Å². The van der Waals surface area contributed by atoms with Crippen LogP contribution in [-0.2, 0) is 6.42 Å². The van der Waals surface area contributed by atoms with Crippen LogP contribution in [0, 0.1) is 0 Å². The van der Waals surface area contributed by atoms with E-state index in [1.807, 2.05) is 24.3 Å². The third-order valence-electron chi connectivity index (χ3n) is 3.53. The van der Waals surface area contributed by atoms with Crippen molar-refractivity contribution >= 4 is 17.5 Å². The van der Waals surface area contributed by atoms with E-state index >= 15 is 0 Å². The fourth-order valence-electron chi connectivity index (χ4n) is 2.22. The van der Waals surface area contributed by atoms with Crippen LogP contribution in [0.4, 0.5) is 0 Å². The van der Waals surface area contributed by atoms with E-state index in [1.54, 1.807) is 31.4 Å². The molecule has 0 spiro atoms. The van der Waals surface area contributed by atoms with Crippen LogP contribution in [0.15, 0.2) is 53.1 Å². The van der Waals surface area contributed by atoms with Gasteiger partial charge in [-0.15, -0.1) is 0 Å². The highest BCUT2D eigenvalue weighted by Gasteiger charge is 2.10. The van der Waals surface area contributed by atoms with E-state index in [1.165, 1.54) is 0 Å². The minimum absolute atomic E-state index is 0.177. The number of halogens is 1. The van der Waals surface area contributed by atoms with Crippen molar-refractivity contribution in [3.8, 4) is 17.1 Å². The van der Waals surface area contributed by atoms with Gasteiger partial charge in [0, 0.05) is 29.1 Å². The lowest BCUT2D eigenvalue weighted by atomic mass is 10.2. The zero-order chi connectivity index (χ0) is 17.6. The van der Waals surface area contributed by atoms with Gasteiger partial charge in [-0.05, 0) is 36.4 Å². The summed E-state index contributed by atoms with van der Waals surface area (Å²) < 4.78 is 10.4. The molecule has 1 heterocycles. The molecule has 0 aliphatic heterocycles. The molecule has 6 nitrogen and oxygen atoms in total. The average molecular weight is 358 g/mol. The fourth-order valence-corrected chi connectivity index (χ4v) is 2.35. The van der Waals surface area contributed by atoms with E-state index in [4.69, 9.17) is 20.9 Å². The van der Waals surface area contributed by atoms with Gasteiger partial charge in [-0.2, -0.15) is 4.98 Å². The van der Waals surface area contributed by atoms with Gasteiger partial charge in [0.25, 0.3) is 5.91 Å². The van der Waals surface area contributed by atoms with Crippen molar-refractivity contribution in [2.24, 2.45) is 0 Å². The number of amides is 1. The number of ether oxygens (including phenoxy) is 1. The van der Waals surface area contributed by atoms with Gasteiger partial charge in [-0.25, -0.2) is 0 Å². The molecule has 3 rings (SSSR count). The molecule has 1 aromatic heterocycles. The van der Waals surface area contributed by atoms with E-state index in [-0.39, 0.29) is 5.91 Å². The first-order valence-electron chi connectivity index (χ1n) is 7.66. The largest absolute Gasteiger partial charge is 0.497 e. The molecule has 7 heteroatoms. The Hall–Kier alpha value is -2.86. The van der Waals surface area contributed by atoms with E-state index < -0.39 is 0 Å². The summed E-state index contributed by atoms with van der Waals surface area (Å²) in [5, 5.41) is 7.35. The Kier molecular flexibility index (Phi) is 5.30. The molecule has 3 aromatic rings. The van der Waals surface area contributed by atoms with Crippen molar-refractivity contribution in [1.29, 1.82) is 0 Å². The Morgan fingerprint density at radius 2 is 2.04 bits per heavy atom. The van der Waals surface area contributed by atoms with Crippen molar-refractivity contribution in [3.05, 3.63) is 65.0 Å². The highest BCUT2D eigenvalue weighted by Crippen LogP contribution is 2.21. The van der Waals surface area contributed by atoms with Gasteiger partial charge in [-0.1, -0.05) is 28.9 Å². The van der Waals surface area contributed by atoms with Crippen LogP contribution in [0.2, 0.25) is 5.02 Å². The van der Waals surface area contributed by atoms with Crippen molar-refractivity contribution in [2.45, 2.75) is 6.42 Å². The lowest BCUT2D eigenvalue weighted by Gasteiger charge is -2.03. The number of benzene rings is 2. The lowest BCUT2D eigenvalue weighted by Crippen LogP contribution is -2.25. The van der Waals surface area contributed by atoms with Crippen molar-refractivity contribution in [3.63, 3.8) is 0 Å². The molecule has 1 N–H and O–H groups in total. The smallest absolute Gasteiger partial charge is 0.251 e. The Balaban J connectivity index is 1.56. The molecule has 0 aliphatic carbocycles. The Morgan fingerprint density at radius 1 is 1.24 bits per heavy atom. The summed E-state index contributed by atoms with van der Waals surface area (Å²) >= 11 is 5.81.